The van der Waals surface area contributed by atoms with E-state index in [1.165, 1.54) is 25.3 Å². The van der Waals surface area contributed by atoms with Crippen LogP contribution in [0.15, 0.2) is 24.0 Å². The standard InChI is InChI=1S/C12H10O4/c1-6-3-7(13)4-8-11(6)9(14)5-10(16-2)12(8)15/h3-5,13H,1-2H3. The average molecular weight is 218 g/mol. The fourth-order valence-corrected chi connectivity index (χ4v) is 1.82. The lowest BCUT2D eigenvalue weighted by atomic mass is 9.90. The molecule has 0 saturated heterocycles. The third-order valence-corrected chi connectivity index (χ3v) is 2.52. The van der Waals surface area contributed by atoms with E-state index >= 15 is 0 Å². The Kier molecular flexibility index (Phi) is 2.27. The van der Waals surface area contributed by atoms with E-state index in [4.69, 9.17) is 4.74 Å². The van der Waals surface area contributed by atoms with Crippen molar-refractivity contribution in [3.8, 4) is 5.75 Å². The van der Waals surface area contributed by atoms with E-state index in [0.29, 0.717) is 11.1 Å². The van der Waals surface area contributed by atoms with E-state index in [1.807, 2.05) is 0 Å². The van der Waals surface area contributed by atoms with Gasteiger partial charge in [-0.1, -0.05) is 0 Å². The van der Waals surface area contributed by atoms with Crippen LogP contribution in [-0.4, -0.2) is 23.8 Å². The second-order valence-electron chi connectivity index (χ2n) is 3.59. The molecule has 0 unspecified atom stereocenters. The minimum Gasteiger partial charge on any atom is -0.508 e. The predicted octanol–water partition coefficient (Wildman–Crippen LogP) is 1.61. The maximum atomic E-state index is 11.8. The number of Topliss-reactive ketones (excluding diaryl/α,β-unsaturated/α-hetero) is 1. The van der Waals surface area contributed by atoms with Gasteiger partial charge in [0.05, 0.1) is 7.11 Å². The molecule has 1 aliphatic rings. The first-order valence-corrected chi connectivity index (χ1v) is 4.73. The molecule has 0 bridgehead atoms. The van der Waals surface area contributed by atoms with Crippen LogP contribution in [-0.2, 0) is 4.74 Å². The highest BCUT2D eigenvalue weighted by Gasteiger charge is 2.28. The smallest absolute Gasteiger partial charge is 0.228 e. The van der Waals surface area contributed by atoms with E-state index in [1.54, 1.807) is 6.92 Å². The number of hydrogen-bond acceptors (Lipinski definition) is 4. The van der Waals surface area contributed by atoms with Gasteiger partial charge in [0.2, 0.25) is 5.78 Å². The molecule has 1 N–H and O–H groups in total. The number of carbonyl (C=O) groups is 2. The first kappa shape index (κ1) is 10.4. The molecule has 16 heavy (non-hydrogen) atoms. The van der Waals surface area contributed by atoms with Crippen LogP contribution in [0, 0.1) is 6.92 Å². The molecule has 0 fully saturated rings. The normalized spacial score (nSPS) is 14.5. The molecule has 0 aliphatic heterocycles. The molecule has 0 atom stereocenters. The van der Waals surface area contributed by atoms with Gasteiger partial charge in [-0.3, -0.25) is 9.59 Å². The zero-order valence-corrected chi connectivity index (χ0v) is 8.90. The number of methoxy groups -OCH3 is 1. The molecule has 0 spiro atoms. The van der Waals surface area contributed by atoms with Crippen molar-refractivity contribution < 1.29 is 19.4 Å². The summed E-state index contributed by atoms with van der Waals surface area (Å²) >= 11 is 0. The third-order valence-electron chi connectivity index (χ3n) is 2.52. The van der Waals surface area contributed by atoms with Gasteiger partial charge >= 0.3 is 0 Å². The van der Waals surface area contributed by atoms with Crippen LogP contribution in [0.1, 0.15) is 26.3 Å². The Hall–Kier alpha value is -2.10. The molecule has 0 amide bonds. The Bertz CT molecular complexity index is 526. The number of hydrogen-bond donors (Lipinski definition) is 1. The summed E-state index contributed by atoms with van der Waals surface area (Å²) in [6.45, 7) is 1.68. The lowest BCUT2D eigenvalue weighted by Gasteiger charge is -2.16. The van der Waals surface area contributed by atoms with Crippen molar-refractivity contribution in [3.05, 3.63) is 40.7 Å². The van der Waals surface area contributed by atoms with Gasteiger partial charge in [-0.25, -0.2) is 0 Å². The number of rotatable bonds is 1. The van der Waals surface area contributed by atoms with E-state index in [2.05, 4.69) is 0 Å². The number of phenols is 1. The topological polar surface area (TPSA) is 63.6 Å². The van der Waals surface area contributed by atoms with Gasteiger partial charge in [0.15, 0.2) is 11.5 Å². The fourth-order valence-electron chi connectivity index (χ4n) is 1.82. The second-order valence-corrected chi connectivity index (χ2v) is 3.59. The van der Waals surface area contributed by atoms with Gasteiger partial charge in [0.1, 0.15) is 5.75 Å². The summed E-state index contributed by atoms with van der Waals surface area (Å²) in [5.41, 5.74) is 1.12. The summed E-state index contributed by atoms with van der Waals surface area (Å²) in [6, 6.07) is 2.74. The third kappa shape index (κ3) is 1.39. The predicted molar refractivity (Wildman–Crippen MR) is 56.6 cm³/mol. The first-order chi connectivity index (χ1) is 7.54. The van der Waals surface area contributed by atoms with Crippen LogP contribution in [0.3, 0.4) is 0 Å². The summed E-state index contributed by atoms with van der Waals surface area (Å²) < 4.78 is 4.82. The van der Waals surface area contributed by atoms with Crippen LogP contribution in [0.2, 0.25) is 0 Å². The molecule has 1 aromatic carbocycles. The summed E-state index contributed by atoms with van der Waals surface area (Å²) in [7, 11) is 1.33. The second kappa shape index (κ2) is 3.48. The monoisotopic (exact) mass is 218 g/mol. The zero-order chi connectivity index (χ0) is 11.9. The Morgan fingerprint density at radius 3 is 2.56 bits per heavy atom. The van der Waals surface area contributed by atoms with Gasteiger partial charge in [-0.05, 0) is 24.6 Å². The van der Waals surface area contributed by atoms with Crippen molar-refractivity contribution in [3.63, 3.8) is 0 Å². The minimum atomic E-state index is -0.379. The molecule has 1 aromatic rings. The molecule has 82 valence electrons. The molecule has 0 radical (unpaired) electrons. The molecule has 4 nitrogen and oxygen atoms in total. The van der Waals surface area contributed by atoms with Crippen LogP contribution in [0.25, 0.3) is 0 Å². The van der Waals surface area contributed by atoms with Crippen molar-refractivity contribution in [2.45, 2.75) is 6.92 Å². The van der Waals surface area contributed by atoms with Gasteiger partial charge in [0, 0.05) is 17.2 Å². The van der Waals surface area contributed by atoms with Crippen molar-refractivity contribution >= 4 is 11.6 Å². The van der Waals surface area contributed by atoms with Crippen LogP contribution in [0.4, 0.5) is 0 Å². The minimum absolute atomic E-state index is 0.00231. The molecule has 0 heterocycles. The van der Waals surface area contributed by atoms with Gasteiger partial charge in [-0.2, -0.15) is 0 Å². The van der Waals surface area contributed by atoms with Gasteiger partial charge in [0.25, 0.3) is 0 Å². The summed E-state index contributed by atoms with van der Waals surface area (Å²) in [5.74, 6) is -0.683. The molecular weight excluding hydrogens is 208 g/mol. The average Bonchev–Trinajstić information content (AvgIpc) is 2.22. The largest absolute Gasteiger partial charge is 0.508 e. The molecule has 4 heteroatoms. The number of allylic oxidation sites excluding steroid dienone is 2. The van der Waals surface area contributed by atoms with Crippen molar-refractivity contribution in [2.75, 3.05) is 7.11 Å². The van der Waals surface area contributed by atoms with E-state index < -0.39 is 0 Å². The first-order valence-electron chi connectivity index (χ1n) is 4.73. The SMILES string of the molecule is COC1=CC(=O)c2c(C)cc(O)cc2C1=O. The number of fused-ring (bicyclic) bond motifs is 1. The Labute approximate surface area is 92.2 Å². The highest BCUT2D eigenvalue weighted by Crippen LogP contribution is 2.28. The molecule has 2 rings (SSSR count). The maximum Gasteiger partial charge on any atom is 0.228 e. The van der Waals surface area contributed by atoms with Gasteiger partial charge < -0.3 is 9.84 Å². The van der Waals surface area contributed by atoms with Crippen molar-refractivity contribution in [2.24, 2.45) is 0 Å². The Morgan fingerprint density at radius 1 is 1.25 bits per heavy atom. The summed E-state index contributed by atoms with van der Waals surface area (Å²) in [4.78, 5) is 23.6. The number of ether oxygens (including phenoxy) is 1. The number of carbonyl (C=O) groups excluding carboxylic acids is 2. The lowest BCUT2D eigenvalue weighted by molar-refractivity contribution is 0.0916. The fraction of sp³-hybridized carbons (Fsp3) is 0.167. The Morgan fingerprint density at radius 2 is 1.94 bits per heavy atom. The van der Waals surface area contributed by atoms with E-state index in [-0.39, 0.29) is 28.6 Å². The molecule has 1 aliphatic carbocycles. The number of aryl methyl sites for hydroxylation is 1. The van der Waals surface area contributed by atoms with Gasteiger partial charge in [-0.15, -0.1) is 0 Å². The highest BCUT2D eigenvalue weighted by molar-refractivity contribution is 6.24. The Balaban J connectivity index is 2.71. The number of phenolic OH excluding ortho intramolecular Hbond substituents is 1. The zero-order valence-electron chi connectivity index (χ0n) is 8.90. The van der Waals surface area contributed by atoms with Crippen LogP contribution in [0.5, 0.6) is 5.75 Å². The number of ketones is 2. The van der Waals surface area contributed by atoms with Crippen molar-refractivity contribution in [1.29, 1.82) is 0 Å². The number of benzene rings is 1. The molecular formula is C12H10O4. The van der Waals surface area contributed by atoms with E-state index in [9.17, 15) is 14.7 Å². The molecule has 0 aromatic heterocycles. The van der Waals surface area contributed by atoms with Crippen LogP contribution >= 0.6 is 0 Å². The number of aromatic hydroxyl groups is 1. The van der Waals surface area contributed by atoms with E-state index in [0.717, 1.165) is 0 Å². The maximum absolute atomic E-state index is 11.8. The molecule has 0 saturated carbocycles. The van der Waals surface area contributed by atoms with Crippen LogP contribution < -0.4 is 0 Å². The quantitative estimate of drug-likeness (QED) is 0.777. The summed E-state index contributed by atoms with van der Waals surface area (Å²) in [5, 5.41) is 9.41. The lowest BCUT2D eigenvalue weighted by Crippen LogP contribution is -2.19. The van der Waals surface area contributed by atoms with Crippen molar-refractivity contribution in [1.82, 2.24) is 0 Å². The highest BCUT2D eigenvalue weighted by atomic mass is 16.5. The summed E-state index contributed by atoms with van der Waals surface area (Å²) in [6.07, 6.45) is 1.18.